The lowest BCUT2D eigenvalue weighted by Gasteiger charge is -2.11. The molecule has 0 radical (unpaired) electrons. The molecule has 0 amide bonds. The van der Waals surface area contributed by atoms with Crippen LogP contribution < -0.4 is 4.74 Å². The molecule has 0 aromatic heterocycles. The van der Waals surface area contributed by atoms with Gasteiger partial charge in [-0.25, -0.2) is 8.42 Å². The Labute approximate surface area is 115 Å². The molecular formula is C14H22O4S. The van der Waals surface area contributed by atoms with E-state index < -0.39 is 15.9 Å². The zero-order valence-electron chi connectivity index (χ0n) is 11.3. The molecule has 1 aromatic carbocycles. The van der Waals surface area contributed by atoms with Crippen molar-refractivity contribution in [2.75, 3.05) is 18.1 Å². The van der Waals surface area contributed by atoms with Crippen molar-refractivity contribution < 1.29 is 18.3 Å². The average molecular weight is 286 g/mol. The molecule has 4 nitrogen and oxygen atoms in total. The van der Waals surface area contributed by atoms with Crippen molar-refractivity contribution in [3.63, 3.8) is 0 Å². The third-order valence-electron chi connectivity index (χ3n) is 2.90. The summed E-state index contributed by atoms with van der Waals surface area (Å²) in [5.41, 5.74) is 0. The van der Waals surface area contributed by atoms with Crippen LogP contribution in [0.5, 0.6) is 5.75 Å². The van der Waals surface area contributed by atoms with Gasteiger partial charge in [0.1, 0.15) is 15.6 Å². The number of para-hydroxylation sites is 1. The van der Waals surface area contributed by atoms with E-state index in [2.05, 4.69) is 0 Å². The van der Waals surface area contributed by atoms with E-state index in [1.54, 1.807) is 6.92 Å². The lowest BCUT2D eigenvalue weighted by molar-refractivity contribution is 0.130. The Kier molecular flexibility index (Phi) is 6.87. The van der Waals surface area contributed by atoms with E-state index in [1.807, 2.05) is 30.3 Å². The Balaban J connectivity index is 2.13. The van der Waals surface area contributed by atoms with E-state index in [9.17, 15) is 13.5 Å². The molecule has 0 heterocycles. The summed E-state index contributed by atoms with van der Waals surface area (Å²) in [5, 5.41) is 9.72. The lowest BCUT2D eigenvalue weighted by atomic mass is 10.1. The third-order valence-corrected chi connectivity index (χ3v) is 4.69. The van der Waals surface area contributed by atoms with Gasteiger partial charge in [-0.15, -0.1) is 0 Å². The van der Waals surface area contributed by atoms with Crippen LogP contribution >= 0.6 is 0 Å². The Bertz CT molecular complexity index is 442. The summed E-state index contributed by atoms with van der Waals surface area (Å²) in [6.45, 7) is 2.07. The summed E-state index contributed by atoms with van der Waals surface area (Å²) in [7, 11) is -2.92. The molecule has 0 aliphatic rings. The molecule has 1 aromatic rings. The van der Waals surface area contributed by atoms with Crippen molar-refractivity contribution in [3.05, 3.63) is 30.3 Å². The molecule has 0 spiro atoms. The highest BCUT2D eigenvalue weighted by molar-refractivity contribution is 7.91. The van der Waals surface area contributed by atoms with Crippen molar-refractivity contribution in [2.45, 2.75) is 32.3 Å². The molecular weight excluding hydrogens is 264 g/mol. The topological polar surface area (TPSA) is 63.6 Å². The molecule has 0 bridgehead atoms. The Morgan fingerprint density at radius 3 is 2.53 bits per heavy atom. The fraction of sp³-hybridized carbons (Fsp3) is 0.571. The molecule has 1 unspecified atom stereocenters. The van der Waals surface area contributed by atoms with Crippen LogP contribution in [0.4, 0.5) is 0 Å². The van der Waals surface area contributed by atoms with Crippen molar-refractivity contribution in [1.29, 1.82) is 0 Å². The quantitative estimate of drug-likeness (QED) is 0.754. The fourth-order valence-corrected chi connectivity index (χ4v) is 2.55. The van der Waals surface area contributed by atoms with Crippen LogP contribution in [0.15, 0.2) is 30.3 Å². The van der Waals surface area contributed by atoms with Crippen molar-refractivity contribution in [1.82, 2.24) is 0 Å². The SMILES string of the molecule is CCS(=O)(=O)CCCC(O)CCOc1ccccc1. The summed E-state index contributed by atoms with van der Waals surface area (Å²) in [4.78, 5) is 0. The number of aliphatic hydroxyl groups is 1. The molecule has 5 heteroatoms. The van der Waals surface area contributed by atoms with E-state index in [4.69, 9.17) is 4.74 Å². The van der Waals surface area contributed by atoms with Gasteiger partial charge >= 0.3 is 0 Å². The zero-order valence-corrected chi connectivity index (χ0v) is 12.1. The maximum absolute atomic E-state index is 11.3. The van der Waals surface area contributed by atoms with Gasteiger partial charge < -0.3 is 9.84 Å². The molecule has 1 rings (SSSR count). The van der Waals surface area contributed by atoms with Gasteiger partial charge in [0, 0.05) is 12.2 Å². The first-order valence-corrected chi connectivity index (χ1v) is 8.42. The lowest BCUT2D eigenvalue weighted by Crippen LogP contribution is -2.15. The number of rotatable bonds is 9. The molecule has 0 fully saturated rings. The second kappa shape index (κ2) is 8.17. The van der Waals surface area contributed by atoms with Crippen molar-refractivity contribution >= 4 is 9.84 Å². The fourth-order valence-electron chi connectivity index (χ4n) is 1.66. The van der Waals surface area contributed by atoms with Crippen LogP contribution in [0.25, 0.3) is 0 Å². The maximum Gasteiger partial charge on any atom is 0.150 e. The van der Waals surface area contributed by atoms with Gasteiger partial charge in [-0.2, -0.15) is 0 Å². The minimum Gasteiger partial charge on any atom is -0.493 e. The number of aliphatic hydroxyl groups excluding tert-OH is 1. The molecule has 1 N–H and O–H groups in total. The Morgan fingerprint density at radius 2 is 1.89 bits per heavy atom. The largest absolute Gasteiger partial charge is 0.493 e. The summed E-state index contributed by atoms with van der Waals surface area (Å²) in [5.74, 6) is 1.10. The van der Waals surface area contributed by atoms with Gasteiger partial charge in [0.2, 0.25) is 0 Å². The highest BCUT2D eigenvalue weighted by Crippen LogP contribution is 2.10. The predicted molar refractivity (Wildman–Crippen MR) is 76.1 cm³/mol. The second-order valence-electron chi connectivity index (χ2n) is 4.48. The molecule has 108 valence electrons. The van der Waals surface area contributed by atoms with Gasteiger partial charge in [0.15, 0.2) is 0 Å². The van der Waals surface area contributed by atoms with Crippen LogP contribution in [0.1, 0.15) is 26.2 Å². The number of ether oxygens (including phenoxy) is 1. The van der Waals surface area contributed by atoms with E-state index in [-0.39, 0.29) is 11.5 Å². The van der Waals surface area contributed by atoms with Gasteiger partial charge in [0.05, 0.1) is 18.5 Å². The van der Waals surface area contributed by atoms with Crippen LogP contribution in [0.3, 0.4) is 0 Å². The average Bonchev–Trinajstić information content (AvgIpc) is 2.40. The summed E-state index contributed by atoms with van der Waals surface area (Å²) < 4.78 is 28.0. The minimum atomic E-state index is -2.92. The van der Waals surface area contributed by atoms with Gasteiger partial charge in [0.25, 0.3) is 0 Å². The molecule has 0 saturated carbocycles. The summed E-state index contributed by atoms with van der Waals surface area (Å²) in [6.07, 6.45) is 1.01. The Morgan fingerprint density at radius 1 is 1.21 bits per heavy atom. The highest BCUT2D eigenvalue weighted by atomic mass is 32.2. The number of hydrogen-bond donors (Lipinski definition) is 1. The predicted octanol–water partition coefficient (Wildman–Crippen LogP) is 2.03. The van der Waals surface area contributed by atoms with Crippen molar-refractivity contribution in [3.8, 4) is 5.75 Å². The monoisotopic (exact) mass is 286 g/mol. The number of benzene rings is 1. The van der Waals surface area contributed by atoms with Crippen molar-refractivity contribution in [2.24, 2.45) is 0 Å². The number of hydrogen-bond acceptors (Lipinski definition) is 4. The van der Waals surface area contributed by atoms with E-state index in [0.29, 0.717) is 25.9 Å². The Hall–Kier alpha value is -1.07. The third kappa shape index (κ3) is 7.18. The van der Waals surface area contributed by atoms with Crippen LogP contribution in [0, 0.1) is 0 Å². The first-order chi connectivity index (χ1) is 9.03. The van der Waals surface area contributed by atoms with Gasteiger partial charge in [-0.3, -0.25) is 0 Å². The molecule has 0 aliphatic carbocycles. The van der Waals surface area contributed by atoms with E-state index in [0.717, 1.165) is 5.75 Å². The van der Waals surface area contributed by atoms with Gasteiger partial charge in [-0.05, 0) is 25.0 Å². The van der Waals surface area contributed by atoms with Gasteiger partial charge in [-0.1, -0.05) is 25.1 Å². The second-order valence-corrected chi connectivity index (χ2v) is 6.96. The number of sulfone groups is 1. The normalized spacial score (nSPS) is 13.2. The van der Waals surface area contributed by atoms with Crippen LogP contribution in [-0.4, -0.2) is 37.7 Å². The summed E-state index contributed by atoms with van der Waals surface area (Å²) >= 11 is 0. The molecule has 0 aliphatic heterocycles. The first-order valence-electron chi connectivity index (χ1n) is 6.60. The molecule has 1 atom stereocenters. The van der Waals surface area contributed by atoms with Crippen LogP contribution in [-0.2, 0) is 9.84 Å². The standard InChI is InChI=1S/C14H22O4S/c1-2-19(16,17)12-6-7-13(15)10-11-18-14-8-4-3-5-9-14/h3-5,8-9,13,15H,2,6-7,10-12H2,1H3. The summed E-state index contributed by atoms with van der Waals surface area (Å²) in [6, 6.07) is 9.42. The smallest absolute Gasteiger partial charge is 0.150 e. The minimum absolute atomic E-state index is 0.153. The maximum atomic E-state index is 11.3. The highest BCUT2D eigenvalue weighted by Gasteiger charge is 2.10. The first kappa shape index (κ1) is 16.0. The van der Waals surface area contributed by atoms with E-state index in [1.165, 1.54) is 0 Å². The molecule has 0 saturated heterocycles. The van der Waals surface area contributed by atoms with E-state index >= 15 is 0 Å². The molecule has 19 heavy (non-hydrogen) atoms. The van der Waals surface area contributed by atoms with Crippen LogP contribution in [0.2, 0.25) is 0 Å². The zero-order chi connectivity index (χ0) is 14.1.